The normalized spacial score (nSPS) is 11.3. The molecule has 0 aliphatic carbocycles. The van der Waals surface area contributed by atoms with Crippen LogP contribution in [0.1, 0.15) is 11.4 Å². The van der Waals surface area contributed by atoms with Crippen LogP contribution >= 0.6 is 12.2 Å². The quantitative estimate of drug-likeness (QED) is 0.717. The molecular weight excluding hydrogens is 308 g/mol. The van der Waals surface area contributed by atoms with Gasteiger partial charge in [-0.15, -0.1) is 0 Å². The molecule has 23 heavy (non-hydrogen) atoms. The number of nitrogens with zero attached hydrogens (tertiary/aromatic N) is 5. The smallest absolute Gasteiger partial charge is 0.166 e. The third-order valence-electron chi connectivity index (χ3n) is 3.55. The second-order valence-corrected chi connectivity index (χ2v) is 5.99. The van der Waals surface area contributed by atoms with Gasteiger partial charge in [0.2, 0.25) is 0 Å². The summed E-state index contributed by atoms with van der Waals surface area (Å²) in [5.41, 5.74) is 9.22. The zero-order valence-electron chi connectivity index (χ0n) is 13.1. The van der Waals surface area contributed by atoms with Crippen LogP contribution in [0, 0.1) is 0 Å². The molecule has 6 nitrogen and oxygen atoms in total. The van der Waals surface area contributed by atoms with Gasteiger partial charge in [-0.2, -0.15) is 5.10 Å². The summed E-state index contributed by atoms with van der Waals surface area (Å²) < 4.78 is 1.81. The molecule has 3 rings (SSSR count). The molecule has 0 aliphatic rings. The van der Waals surface area contributed by atoms with E-state index in [1.165, 1.54) is 0 Å². The lowest BCUT2D eigenvalue weighted by atomic mass is 10.1. The summed E-state index contributed by atoms with van der Waals surface area (Å²) in [5, 5.41) is 4.65. The number of aromatic nitrogens is 4. The first-order chi connectivity index (χ1) is 11.1. The second kappa shape index (κ2) is 6.39. The maximum absolute atomic E-state index is 5.83. The van der Waals surface area contributed by atoms with Crippen molar-refractivity contribution in [3.05, 3.63) is 48.0 Å². The minimum Gasteiger partial charge on any atom is -0.389 e. The third-order valence-corrected chi connectivity index (χ3v) is 3.77. The SMILES string of the molecule is CN(C)CCc1nc2c(C(N)=S)ccc(-c3ccncc3)n2n1. The van der Waals surface area contributed by atoms with E-state index in [-0.39, 0.29) is 0 Å². The van der Waals surface area contributed by atoms with Crippen LogP contribution in [0.15, 0.2) is 36.7 Å². The monoisotopic (exact) mass is 326 g/mol. The number of thiocarbonyl (C=S) groups is 1. The van der Waals surface area contributed by atoms with Gasteiger partial charge in [-0.3, -0.25) is 4.98 Å². The summed E-state index contributed by atoms with van der Waals surface area (Å²) >= 11 is 5.14. The van der Waals surface area contributed by atoms with E-state index in [1.54, 1.807) is 12.4 Å². The van der Waals surface area contributed by atoms with Gasteiger partial charge in [0.05, 0.1) is 11.3 Å². The highest BCUT2D eigenvalue weighted by Crippen LogP contribution is 2.22. The summed E-state index contributed by atoms with van der Waals surface area (Å²) in [6, 6.07) is 7.74. The Morgan fingerprint density at radius 1 is 1.22 bits per heavy atom. The molecule has 0 radical (unpaired) electrons. The minimum atomic E-state index is 0.322. The highest BCUT2D eigenvalue weighted by Gasteiger charge is 2.14. The first-order valence-electron chi connectivity index (χ1n) is 7.30. The molecule has 0 fully saturated rings. The van der Waals surface area contributed by atoms with Crippen molar-refractivity contribution in [2.75, 3.05) is 20.6 Å². The maximum Gasteiger partial charge on any atom is 0.166 e. The molecule has 0 spiro atoms. The van der Waals surface area contributed by atoms with E-state index in [2.05, 4.69) is 20.0 Å². The lowest BCUT2D eigenvalue weighted by Crippen LogP contribution is -2.15. The number of likely N-dealkylation sites (N-methyl/N-ethyl adjacent to an activating group) is 1. The molecule has 0 atom stereocenters. The Hall–Kier alpha value is -2.38. The fraction of sp³-hybridized carbons (Fsp3) is 0.250. The standard InChI is InChI=1S/C16H18N6S/c1-21(2)10-7-14-19-16-12(15(17)23)3-4-13(22(16)20-14)11-5-8-18-9-6-11/h3-6,8-9H,7,10H2,1-2H3,(H2,17,23). The largest absolute Gasteiger partial charge is 0.389 e. The Morgan fingerprint density at radius 2 is 1.96 bits per heavy atom. The second-order valence-electron chi connectivity index (χ2n) is 5.55. The van der Waals surface area contributed by atoms with Crippen LogP contribution < -0.4 is 5.73 Å². The molecule has 2 N–H and O–H groups in total. The fourth-order valence-corrected chi connectivity index (χ4v) is 2.53. The number of hydrogen-bond acceptors (Lipinski definition) is 5. The van der Waals surface area contributed by atoms with Gasteiger partial charge < -0.3 is 10.6 Å². The van der Waals surface area contributed by atoms with Crippen molar-refractivity contribution in [2.24, 2.45) is 5.73 Å². The molecule has 3 aromatic heterocycles. The van der Waals surface area contributed by atoms with E-state index >= 15 is 0 Å². The van der Waals surface area contributed by atoms with Gasteiger partial charge in [0.25, 0.3) is 0 Å². The summed E-state index contributed by atoms with van der Waals surface area (Å²) in [6.45, 7) is 0.879. The fourth-order valence-electron chi connectivity index (χ4n) is 2.37. The number of hydrogen-bond donors (Lipinski definition) is 1. The summed E-state index contributed by atoms with van der Waals surface area (Å²) in [7, 11) is 4.05. The van der Waals surface area contributed by atoms with Crippen LogP contribution in [-0.2, 0) is 6.42 Å². The van der Waals surface area contributed by atoms with Gasteiger partial charge in [-0.25, -0.2) is 9.50 Å². The predicted octanol–water partition coefficient (Wildman–Crippen LogP) is 1.53. The molecule has 0 saturated carbocycles. The molecule has 118 valence electrons. The molecule has 0 aromatic carbocycles. The number of fused-ring (bicyclic) bond motifs is 1. The number of nitrogens with two attached hydrogens (primary N) is 1. The summed E-state index contributed by atoms with van der Waals surface area (Å²) in [4.78, 5) is 11.1. The Balaban J connectivity index is 2.15. The van der Waals surface area contributed by atoms with Crippen LogP contribution in [-0.4, -0.2) is 50.1 Å². The lowest BCUT2D eigenvalue weighted by Gasteiger charge is -2.07. The zero-order valence-corrected chi connectivity index (χ0v) is 13.9. The summed E-state index contributed by atoms with van der Waals surface area (Å²) in [6.07, 6.45) is 4.28. The van der Waals surface area contributed by atoms with Crippen molar-refractivity contribution >= 4 is 22.9 Å². The van der Waals surface area contributed by atoms with E-state index in [1.807, 2.05) is 42.9 Å². The Kier molecular flexibility index (Phi) is 4.31. The molecule has 0 aliphatic heterocycles. The minimum absolute atomic E-state index is 0.322. The van der Waals surface area contributed by atoms with E-state index in [0.29, 0.717) is 10.6 Å². The highest BCUT2D eigenvalue weighted by atomic mass is 32.1. The first kappa shape index (κ1) is 15.5. The lowest BCUT2D eigenvalue weighted by molar-refractivity contribution is 0.409. The van der Waals surface area contributed by atoms with Crippen molar-refractivity contribution in [1.29, 1.82) is 0 Å². The van der Waals surface area contributed by atoms with Gasteiger partial charge in [-0.1, -0.05) is 12.2 Å². The third kappa shape index (κ3) is 3.20. The Morgan fingerprint density at radius 3 is 2.61 bits per heavy atom. The van der Waals surface area contributed by atoms with Crippen LogP contribution in [0.3, 0.4) is 0 Å². The van der Waals surface area contributed by atoms with E-state index < -0.39 is 0 Å². The van der Waals surface area contributed by atoms with E-state index in [0.717, 1.165) is 35.6 Å². The predicted molar refractivity (Wildman–Crippen MR) is 94.4 cm³/mol. The van der Waals surface area contributed by atoms with Crippen molar-refractivity contribution in [3.63, 3.8) is 0 Å². The topological polar surface area (TPSA) is 72.3 Å². The van der Waals surface area contributed by atoms with Crippen molar-refractivity contribution < 1.29 is 0 Å². The number of rotatable bonds is 5. The number of pyridine rings is 2. The van der Waals surface area contributed by atoms with Gasteiger partial charge in [-0.05, 0) is 38.4 Å². The average molecular weight is 326 g/mol. The zero-order chi connectivity index (χ0) is 16.4. The first-order valence-corrected chi connectivity index (χ1v) is 7.70. The van der Waals surface area contributed by atoms with Crippen LogP contribution in [0.2, 0.25) is 0 Å². The van der Waals surface area contributed by atoms with E-state index in [4.69, 9.17) is 18.0 Å². The van der Waals surface area contributed by atoms with Gasteiger partial charge in [0.1, 0.15) is 4.99 Å². The van der Waals surface area contributed by atoms with E-state index in [9.17, 15) is 0 Å². The van der Waals surface area contributed by atoms with Crippen molar-refractivity contribution in [1.82, 2.24) is 24.5 Å². The Bertz CT molecular complexity index is 840. The molecule has 0 amide bonds. The van der Waals surface area contributed by atoms with Crippen molar-refractivity contribution in [3.8, 4) is 11.3 Å². The highest BCUT2D eigenvalue weighted by molar-refractivity contribution is 7.80. The van der Waals surface area contributed by atoms with Crippen LogP contribution in [0.5, 0.6) is 0 Å². The van der Waals surface area contributed by atoms with Gasteiger partial charge in [0.15, 0.2) is 11.5 Å². The van der Waals surface area contributed by atoms with Gasteiger partial charge >= 0.3 is 0 Å². The Labute approximate surface area is 140 Å². The molecule has 0 bridgehead atoms. The molecule has 0 unspecified atom stereocenters. The van der Waals surface area contributed by atoms with Gasteiger partial charge in [0, 0.05) is 30.9 Å². The van der Waals surface area contributed by atoms with Crippen molar-refractivity contribution in [2.45, 2.75) is 6.42 Å². The molecule has 3 heterocycles. The maximum atomic E-state index is 5.83. The summed E-state index contributed by atoms with van der Waals surface area (Å²) in [5.74, 6) is 0.776. The molecule has 0 saturated heterocycles. The van der Waals surface area contributed by atoms with Crippen LogP contribution in [0.4, 0.5) is 0 Å². The molecule has 7 heteroatoms. The molecular formula is C16H18N6S. The van der Waals surface area contributed by atoms with Crippen LogP contribution in [0.25, 0.3) is 16.9 Å². The average Bonchev–Trinajstić information content (AvgIpc) is 2.96. The molecule has 3 aromatic rings.